The number of para-hydroxylation sites is 2. The predicted molar refractivity (Wildman–Crippen MR) is 133 cm³/mol. The molecule has 4 aromatic rings. The van der Waals surface area contributed by atoms with E-state index in [1.807, 2.05) is 60.9 Å². The van der Waals surface area contributed by atoms with Gasteiger partial charge < -0.3 is 19.3 Å². The van der Waals surface area contributed by atoms with Crippen molar-refractivity contribution < 1.29 is 19.0 Å². The van der Waals surface area contributed by atoms with Crippen LogP contribution in [0, 0.1) is 19.7 Å². The van der Waals surface area contributed by atoms with E-state index in [9.17, 15) is 14.3 Å². The Morgan fingerprint density at radius 3 is 2.77 bits per heavy atom. The Hall–Kier alpha value is -3.71. The Labute approximate surface area is 203 Å². The lowest BCUT2D eigenvalue weighted by Gasteiger charge is -2.19. The third-order valence-electron chi connectivity index (χ3n) is 6.46. The molecule has 7 heteroatoms. The van der Waals surface area contributed by atoms with Crippen molar-refractivity contribution in [3.8, 4) is 5.75 Å². The number of aliphatic hydroxyl groups is 1. The molecular formula is C28H28FN3O3. The lowest BCUT2D eigenvalue weighted by molar-refractivity contribution is -0.117. The lowest BCUT2D eigenvalue weighted by Crippen LogP contribution is -2.26. The van der Waals surface area contributed by atoms with Gasteiger partial charge >= 0.3 is 0 Å². The van der Waals surface area contributed by atoms with Gasteiger partial charge in [-0.25, -0.2) is 9.37 Å². The van der Waals surface area contributed by atoms with E-state index in [0.717, 1.165) is 33.7 Å². The number of aryl methyl sites for hydroxylation is 2. The zero-order valence-electron chi connectivity index (χ0n) is 19.8. The van der Waals surface area contributed by atoms with Crippen LogP contribution in [0.1, 0.15) is 29.3 Å². The van der Waals surface area contributed by atoms with E-state index in [0.29, 0.717) is 12.2 Å². The monoisotopic (exact) mass is 473 g/mol. The minimum atomic E-state index is -0.775. The molecule has 1 aliphatic heterocycles. The van der Waals surface area contributed by atoms with Crippen molar-refractivity contribution in [1.82, 2.24) is 9.55 Å². The first-order valence-electron chi connectivity index (χ1n) is 11.8. The summed E-state index contributed by atoms with van der Waals surface area (Å²) in [6.45, 7) is 4.80. The van der Waals surface area contributed by atoms with Gasteiger partial charge in [0.1, 0.15) is 30.1 Å². The number of carbonyl (C=O) groups excluding carboxylic acids is 1. The molecule has 1 aliphatic rings. The number of fused-ring (bicyclic) bond motifs is 1. The van der Waals surface area contributed by atoms with Crippen LogP contribution in [0.5, 0.6) is 5.75 Å². The number of hydrogen-bond acceptors (Lipinski definition) is 4. The molecular weight excluding hydrogens is 445 g/mol. The fraction of sp³-hybridized carbons (Fsp3) is 0.286. The minimum Gasteiger partial charge on any atom is -0.491 e. The molecule has 0 aliphatic carbocycles. The number of aromatic nitrogens is 2. The Kier molecular flexibility index (Phi) is 6.26. The number of halogens is 1. The molecule has 6 nitrogen and oxygen atoms in total. The van der Waals surface area contributed by atoms with Gasteiger partial charge in [0.05, 0.1) is 17.6 Å². The summed E-state index contributed by atoms with van der Waals surface area (Å²) in [5.74, 6) is 0.873. The first-order valence-corrected chi connectivity index (χ1v) is 11.8. The van der Waals surface area contributed by atoms with E-state index < -0.39 is 6.10 Å². The Balaban J connectivity index is 1.39. The lowest BCUT2D eigenvalue weighted by atomic mass is 10.1. The van der Waals surface area contributed by atoms with E-state index >= 15 is 0 Å². The van der Waals surface area contributed by atoms with Crippen molar-refractivity contribution in [1.29, 1.82) is 0 Å². The molecule has 1 amide bonds. The molecule has 0 spiro atoms. The fourth-order valence-electron chi connectivity index (χ4n) is 4.68. The van der Waals surface area contributed by atoms with Crippen LogP contribution in [0.3, 0.4) is 0 Å². The number of imidazole rings is 1. The number of carbonyl (C=O) groups is 1. The van der Waals surface area contributed by atoms with Crippen LogP contribution in [0.15, 0.2) is 66.7 Å². The molecule has 1 aromatic heterocycles. The third-order valence-corrected chi connectivity index (χ3v) is 6.46. The van der Waals surface area contributed by atoms with Gasteiger partial charge in [-0.2, -0.15) is 0 Å². The summed E-state index contributed by atoms with van der Waals surface area (Å²) in [5.41, 5.74) is 4.35. The molecule has 35 heavy (non-hydrogen) atoms. The molecule has 0 radical (unpaired) electrons. The van der Waals surface area contributed by atoms with E-state index in [1.54, 1.807) is 17.0 Å². The zero-order valence-corrected chi connectivity index (χ0v) is 19.8. The van der Waals surface area contributed by atoms with Gasteiger partial charge in [0, 0.05) is 24.6 Å². The van der Waals surface area contributed by atoms with Crippen molar-refractivity contribution in [3.05, 3.63) is 89.5 Å². The Bertz CT molecular complexity index is 1380. The quantitative estimate of drug-likeness (QED) is 0.421. The number of benzene rings is 3. The maximum Gasteiger partial charge on any atom is 0.227 e. The van der Waals surface area contributed by atoms with Crippen molar-refractivity contribution in [2.45, 2.75) is 38.8 Å². The van der Waals surface area contributed by atoms with Crippen LogP contribution in [0.4, 0.5) is 10.1 Å². The standard InChI is InChI=1S/C28H28FN3O3/c1-18-10-11-19(2)26(12-18)35-17-23(33)16-32-25-9-4-3-8-24(25)30-28(32)20-13-27(34)31(15-20)22-7-5-6-21(29)14-22/h3-12,14,20,23,33H,13,15-17H2,1-2H3/t20-,23+/m1/s1. The normalized spacial score (nSPS) is 16.7. The van der Waals surface area contributed by atoms with Gasteiger partial charge in [0.2, 0.25) is 5.91 Å². The average molecular weight is 474 g/mol. The molecule has 180 valence electrons. The maximum atomic E-state index is 13.8. The predicted octanol–water partition coefficient (Wildman–Crippen LogP) is 4.75. The maximum absolute atomic E-state index is 13.8. The van der Waals surface area contributed by atoms with Crippen LogP contribution in [-0.2, 0) is 11.3 Å². The van der Waals surface area contributed by atoms with Crippen molar-refractivity contribution >= 4 is 22.6 Å². The first-order chi connectivity index (χ1) is 16.9. The topological polar surface area (TPSA) is 67.6 Å². The van der Waals surface area contributed by atoms with Crippen LogP contribution < -0.4 is 9.64 Å². The van der Waals surface area contributed by atoms with E-state index in [-0.39, 0.29) is 37.2 Å². The average Bonchev–Trinajstić information content (AvgIpc) is 3.40. The zero-order chi connectivity index (χ0) is 24.5. The number of rotatable bonds is 7. The van der Waals surface area contributed by atoms with E-state index in [4.69, 9.17) is 9.72 Å². The van der Waals surface area contributed by atoms with Crippen molar-refractivity contribution in [2.24, 2.45) is 0 Å². The summed E-state index contributed by atoms with van der Waals surface area (Å²) in [6, 6.07) is 19.8. The molecule has 2 heterocycles. The summed E-state index contributed by atoms with van der Waals surface area (Å²) < 4.78 is 21.7. The fourth-order valence-corrected chi connectivity index (χ4v) is 4.68. The van der Waals surface area contributed by atoms with Crippen LogP contribution >= 0.6 is 0 Å². The van der Waals surface area contributed by atoms with Gasteiger partial charge in [-0.1, -0.05) is 30.3 Å². The molecule has 3 aromatic carbocycles. The number of hydrogen-bond donors (Lipinski definition) is 1. The molecule has 0 unspecified atom stereocenters. The first kappa shape index (κ1) is 23.1. The second-order valence-electron chi connectivity index (χ2n) is 9.19. The van der Waals surface area contributed by atoms with Crippen LogP contribution in [-0.4, -0.2) is 39.8 Å². The Morgan fingerprint density at radius 2 is 1.94 bits per heavy atom. The number of aliphatic hydroxyl groups excluding tert-OH is 1. The van der Waals surface area contributed by atoms with Gasteiger partial charge in [0.15, 0.2) is 0 Å². The van der Waals surface area contributed by atoms with Gasteiger partial charge in [-0.3, -0.25) is 4.79 Å². The van der Waals surface area contributed by atoms with Gasteiger partial charge in [-0.05, 0) is 61.4 Å². The highest BCUT2D eigenvalue weighted by atomic mass is 19.1. The summed E-state index contributed by atoms with van der Waals surface area (Å²) in [5, 5.41) is 10.9. The van der Waals surface area contributed by atoms with Gasteiger partial charge in [-0.15, -0.1) is 0 Å². The van der Waals surface area contributed by atoms with E-state index in [1.165, 1.54) is 12.1 Å². The number of amides is 1. The Morgan fingerprint density at radius 1 is 1.11 bits per heavy atom. The van der Waals surface area contributed by atoms with Crippen LogP contribution in [0.25, 0.3) is 11.0 Å². The molecule has 5 rings (SSSR count). The molecule has 1 fully saturated rings. The summed E-state index contributed by atoms with van der Waals surface area (Å²) in [6.07, 6.45) is -0.503. The second-order valence-corrected chi connectivity index (χ2v) is 9.19. The second kappa shape index (κ2) is 9.50. The summed E-state index contributed by atoms with van der Waals surface area (Å²) >= 11 is 0. The number of anilines is 1. The summed E-state index contributed by atoms with van der Waals surface area (Å²) in [7, 11) is 0. The largest absolute Gasteiger partial charge is 0.491 e. The highest BCUT2D eigenvalue weighted by Crippen LogP contribution is 2.33. The molecule has 2 atom stereocenters. The highest BCUT2D eigenvalue weighted by Gasteiger charge is 2.35. The minimum absolute atomic E-state index is 0.0713. The number of nitrogens with zero attached hydrogens (tertiary/aromatic N) is 3. The smallest absolute Gasteiger partial charge is 0.227 e. The third kappa shape index (κ3) is 4.77. The SMILES string of the molecule is Cc1ccc(C)c(OC[C@@H](O)Cn2c([C@@H]3CC(=O)N(c4cccc(F)c4)C3)nc3ccccc32)c1. The molecule has 0 saturated carbocycles. The molecule has 1 N–H and O–H groups in total. The van der Waals surface area contributed by atoms with Gasteiger partial charge in [0.25, 0.3) is 0 Å². The van der Waals surface area contributed by atoms with E-state index in [2.05, 4.69) is 0 Å². The molecule has 1 saturated heterocycles. The summed E-state index contributed by atoms with van der Waals surface area (Å²) in [4.78, 5) is 19.3. The van der Waals surface area contributed by atoms with Crippen molar-refractivity contribution in [3.63, 3.8) is 0 Å². The highest BCUT2D eigenvalue weighted by molar-refractivity contribution is 5.96. The van der Waals surface area contributed by atoms with Crippen molar-refractivity contribution in [2.75, 3.05) is 18.1 Å². The number of ether oxygens (including phenoxy) is 1. The van der Waals surface area contributed by atoms with Crippen LogP contribution in [0.2, 0.25) is 0 Å². The molecule has 0 bridgehead atoms.